The summed E-state index contributed by atoms with van der Waals surface area (Å²) in [5, 5.41) is 0. The molecule has 2 aromatic rings. The summed E-state index contributed by atoms with van der Waals surface area (Å²) in [6.45, 7) is 8.11. The Kier molecular flexibility index (Phi) is 5.21. The van der Waals surface area contributed by atoms with E-state index in [1.807, 2.05) is 82.3 Å². The first-order chi connectivity index (χ1) is 12.3. The van der Waals surface area contributed by atoms with Crippen LogP contribution in [-0.4, -0.2) is 18.3 Å². The molecular formula is C21H24BFO3. The molecule has 0 saturated carbocycles. The number of hydrogen-bond acceptors (Lipinski definition) is 3. The molecular weight excluding hydrogens is 330 g/mol. The summed E-state index contributed by atoms with van der Waals surface area (Å²) in [5.74, 6) is 0.738. The summed E-state index contributed by atoms with van der Waals surface area (Å²) in [5.41, 5.74) is 0.268. The maximum absolute atomic E-state index is 14.5. The van der Waals surface area contributed by atoms with Crippen molar-refractivity contribution in [2.45, 2.75) is 45.5 Å². The molecule has 0 bridgehead atoms. The van der Waals surface area contributed by atoms with Gasteiger partial charge in [-0.15, -0.1) is 0 Å². The van der Waals surface area contributed by atoms with Gasteiger partial charge in [0, 0.05) is 0 Å². The average Bonchev–Trinajstić information content (AvgIpc) is 2.83. The first kappa shape index (κ1) is 18.7. The molecule has 3 rings (SSSR count). The van der Waals surface area contributed by atoms with Gasteiger partial charge in [0.05, 0.1) is 11.2 Å². The number of benzene rings is 2. The quantitative estimate of drug-likeness (QED) is 0.690. The minimum absolute atomic E-state index is 0.443. The van der Waals surface area contributed by atoms with Crippen molar-refractivity contribution in [1.29, 1.82) is 0 Å². The van der Waals surface area contributed by atoms with Crippen LogP contribution in [0.4, 0.5) is 4.39 Å². The molecule has 0 radical (unpaired) electrons. The van der Waals surface area contributed by atoms with E-state index in [2.05, 4.69) is 0 Å². The fourth-order valence-electron chi connectivity index (χ4n) is 2.58. The maximum atomic E-state index is 14.5. The van der Waals surface area contributed by atoms with Gasteiger partial charge in [0.1, 0.15) is 18.1 Å². The average molecular weight is 354 g/mol. The van der Waals surface area contributed by atoms with E-state index in [-0.39, 0.29) is 0 Å². The number of hydrogen-bond donors (Lipinski definition) is 0. The van der Waals surface area contributed by atoms with Gasteiger partial charge in [-0.2, -0.15) is 0 Å². The first-order valence-electron chi connectivity index (χ1n) is 8.76. The van der Waals surface area contributed by atoms with Crippen LogP contribution in [0.5, 0.6) is 5.75 Å². The third-order valence-electron chi connectivity index (χ3n) is 4.91. The van der Waals surface area contributed by atoms with Crippen LogP contribution < -0.4 is 4.74 Å². The second-order valence-electron chi connectivity index (χ2n) is 7.46. The van der Waals surface area contributed by atoms with Crippen molar-refractivity contribution in [2.75, 3.05) is 0 Å². The summed E-state index contributed by atoms with van der Waals surface area (Å²) < 4.78 is 31.7. The van der Waals surface area contributed by atoms with Crippen LogP contribution in [0, 0.1) is 0 Å². The molecule has 1 aliphatic heterocycles. The van der Waals surface area contributed by atoms with E-state index in [0.717, 1.165) is 16.9 Å². The highest BCUT2D eigenvalue weighted by molar-refractivity contribution is 6.54. The summed E-state index contributed by atoms with van der Waals surface area (Å²) >= 11 is 0. The Balaban J connectivity index is 1.62. The molecule has 136 valence electrons. The molecule has 0 aliphatic carbocycles. The molecule has 0 spiro atoms. The van der Waals surface area contributed by atoms with Gasteiger partial charge in [0.15, 0.2) is 0 Å². The molecule has 0 unspecified atom stereocenters. The Labute approximate surface area is 154 Å². The fourth-order valence-corrected chi connectivity index (χ4v) is 2.58. The zero-order chi connectivity index (χ0) is 18.8. The Morgan fingerprint density at radius 1 is 0.962 bits per heavy atom. The molecule has 0 aromatic heterocycles. The summed E-state index contributed by atoms with van der Waals surface area (Å²) in [6.07, 6.45) is 1.43. The largest absolute Gasteiger partial charge is 0.525 e. The van der Waals surface area contributed by atoms with Gasteiger partial charge in [-0.3, -0.25) is 0 Å². The predicted octanol–water partition coefficient (Wildman–Crippen LogP) is 5.21. The van der Waals surface area contributed by atoms with Crippen molar-refractivity contribution in [1.82, 2.24) is 0 Å². The van der Waals surface area contributed by atoms with E-state index >= 15 is 0 Å². The smallest absolute Gasteiger partial charge is 0.489 e. The van der Waals surface area contributed by atoms with Crippen molar-refractivity contribution in [3.63, 3.8) is 0 Å². The molecule has 0 amide bonds. The summed E-state index contributed by atoms with van der Waals surface area (Å²) in [7, 11) is -0.978. The third kappa shape index (κ3) is 4.17. The predicted molar refractivity (Wildman–Crippen MR) is 102 cm³/mol. The Morgan fingerprint density at radius 3 is 2.12 bits per heavy atom. The van der Waals surface area contributed by atoms with E-state index in [1.165, 1.54) is 6.08 Å². The van der Waals surface area contributed by atoms with E-state index in [0.29, 0.717) is 6.61 Å². The molecule has 1 aliphatic rings. The highest BCUT2D eigenvalue weighted by atomic mass is 19.1. The lowest BCUT2D eigenvalue weighted by Crippen LogP contribution is -2.41. The van der Waals surface area contributed by atoms with Crippen LogP contribution in [0.15, 0.2) is 60.3 Å². The number of ether oxygens (including phenoxy) is 1. The van der Waals surface area contributed by atoms with Gasteiger partial charge in [0.2, 0.25) is 0 Å². The Bertz CT molecular complexity index is 754. The van der Waals surface area contributed by atoms with Crippen molar-refractivity contribution in [2.24, 2.45) is 0 Å². The standard InChI is InChI=1S/C21H24BFO3/c1-20(2)21(3,4)26-22(25-20)19(23)14-16-10-12-18(13-11-16)24-15-17-8-6-5-7-9-17/h5-14H,15H2,1-4H3. The van der Waals surface area contributed by atoms with Crippen LogP contribution in [0.1, 0.15) is 38.8 Å². The minimum Gasteiger partial charge on any atom is -0.489 e. The van der Waals surface area contributed by atoms with Crippen LogP contribution in [-0.2, 0) is 15.9 Å². The summed E-state index contributed by atoms with van der Waals surface area (Å²) in [4.78, 5) is 0. The Morgan fingerprint density at radius 2 is 1.54 bits per heavy atom. The number of halogens is 1. The van der Waals surface area contributed by atoms with Crippen LogP contribution in [0.25, 0.3) is 6.08 Å². The highest BCUT2D eigenvalue weighted by Crippen LogP contribution is 2.39. The molecule has 1 fully saturated rings. The van der Waals surface area contributed by atoms with Gasteiger partial charge in [0.25, 0.3) is 0 Å². The van der Waals surface area contributed by atoms with Gasteiger partial charge >= 0.3 is 7.12 Å². The van der Waals surface area contributed by atoms with Crippen molar-refractivity contribution in [3.05, 3.63) is 71.5 Å². The first-order valence-corrected chi connectivity index (χ1v) is 8.76. The molecule has 26 heavy (non-hydrogen) atoms. The molecule has 1 saturated heterocycles. The van der Waals surface area contributed by atoms with Crippen molar-refractivity contribution >= 4 is 13.2 Å². The highest BCUT2D eigenvalue weighted by Gasteiger charge is 2.53. The topological polar surface area (TPSA) is 27.7 Å². The molecule has 0 atom stereocenters. The monoisotopic (exact) mass is 354 g/mol. The van der Waals surface area contributed by atoms with E-state index < -0.39 is 24.0 Å². The summed E-state index contributed by atoms with van der Waals surface area (Å²) in [6, 6.07) is 17.2. The zero-order valence-corrected chi connectivity index (χ0v) is 15.7. The zero-order valence-electron chi connectivity index (χ0n) is 15.7. The van der Waals surface area contributed by atoms with Gasteiger partial charge in [-0.05, 0) is 57.0 Å². The lowest BCUT2D eigenvalue weighted by Gasteiger charge is -2.32. The second kappa shape index (κ2) is 7.26. The lowest BCUT2D eigenvalue weighted by molar-refractivity contribution is 0.00578. The maximum Gasteiger partial charge on any atom is 0.525 e. The lowest BCUT2D eigenvalue weighted by atomic mass is 9.87. The van der Waals surface area contributed by atoms with Crippen molar-refractivity contribution < 1.29 is 18.4 Å². The number of rotatable bonds is 5. The van der Waals surface area contributed by atoms with E-state index in [4.69, 9.17) is 14.0 Å². The normalized spacial score (nSPS) is 18.8. The van der Waals surface area contributed by atoms with Crippen LogP contribution >= 0.6 is 0 Å². The SMILES string of the molecule is CC1(C)OB(C(F)=Cc2ccc(OCc3ccccc3)cc2)OC1(C)C. The minimum atomic E-state index is -0.978. The fraction of sp³-hybridized carbons (Fsp3) is 0.333. The van der Waals surface area contributed by atoms with E-state index in [1.54, 1.807) is 0 Å². The van der Waals surface area contributed by atoms with Crippen LogP contribution in [0.3, 0.4) is 0 Å². The Hall–Kier alpha value is -2.11. The van der Waals surface area contributed by atoms with Crippen molar-refractivity contribution in [3.8, 4) is 5.75 Å². The van der Waals surface area contributed by atoms with Gasteiger partial charge < -0.3 is 14.0 Å². The van der Waals surface area contributed by atoms with E-state index in [9.17, 15) is 4.39 Å². The second-order valence-corrected chi connectivity index (χ2v) is 7.46. The molecule has 5 heteroatoms. The molecule has 0 N–H and O–H groups in total. The van der Waals surface area contributed by atoms with Gasteiger partial charge in [-0.25, -0.2) is 4.39 Å². The van der Waals surface area contributed by atoms with Gasteiger partial charge in [-0.1, -0.05) is 42.5 Å². The molecule has 2 aromatic carbocycles. The molecule has 3 nitrogen and oxygen atoms in total. The molecule has 1 heterocycles. The van der Waals surface area contributed by atoms with Crippen LogP contribution in [0.2, 0.25) is 0 Å². The third-order valence-corrected chi connectivity index (χ3v) is 4.91.